The maximum atomic E-state index is 12.5. The average Bonchev–Trinajstić information content (AvgIpc) is 2.49. The Morgan fingerprint density at radius 2 is 2.00 bits per heavy atom. The maximum Gasteiger partial charge on any atom is 0.254 e. The van der Waals surface area contributed by atoms with Gasteiger partial charge in [0.25, 0.3) is 5.91 Å². The highest BCUT2D eigenvalue weighted by Crippen LogP contribution is 2.22. The highest BCUT2D eigenvalue weighted by Gasteiger charge is 2.25. The van der Waals surface area contributed by atoms with E-state index in [-0.39, 0.29) is 28.8 Å². The van der Waals surface area contributed by atoms with E-state index < -0.39 is 10.0 Å². The van der Waals surface area contributed by atoms with Crippen LogP contribution < -0.4 is 10.0 Å². The summed E-state index contributed by atoms with van der Waals surface area (Å²) in [6, 6.07) is 3.02. The number of nitrogens with zero attached hydrogens (tertiary/aromatic N) is 1. The van der Waals surface area contributed by atoms with Gasteiger partial charge in [0.15, 0.2) is 0 Å². The molecule has 0 unspecified atom stereocenters. The standard InChI is InChI=1S/C14H19N3O4S/c1-9-6-11(7-12(10(9)2)22(20,21)15-3)14(19)17-5-4-16-13(18)8-17/h6-7,15H,4-5,8H2,1-3H3,(H,16,18). The number of rotatable bonds is 3. The molecule has 1 aliphatic heterocycles. The fraction of sp³-hybridized carbons (Fsp3) is 0.429. The smallest absolute Gasteiger partial charge is 0.254 e. The Hall–Kier alpha value is -1.93. The molecule has 0 spiro atoms. The summed E-state index contributed by atoms with van der Waals surface area (Å²) in [4.78, 5) is 25.4. The third-order valence-corrected chi connectivity index (χ3v) is 5.29. The Kier molecular flexibility index (Phi) is 4.52. The minimum atomic E-state index is -3.65. The van der Waals surface area contributed by atoms with Gasteiger partial charge in [-0.25, -0.2) is 13.1 Å². The van der Waals surface area contributed by atoms with Crippen LogP contribution in [0.1, 0.15) is 21.5 Å². The third-order valence-electron chi connectivity index (χ3n) is 3.75. The SMILES string of the molecule is CNS(=O)(=O)c1cc(C(=O)N2CCNC(=O)C2)cc(C)c1C. The van der Waals surface area contributed by atoms with Gasteiger partial charge in [-0.2, -0.15) is 0 Å². The summed E-state index contributed by atoms with van der Waals surface area (Å²) in [5, 5.41) is 2.64. The van der Waals surface area contributed by atoms with Gasteiger partial charge in [0.1, 0.15) is 0 Å². The molecule has 2 amide bonds. The van der Waals surface area contributed by atoms with E-state index in [1.54, 1.807) is 19.9 Å². The topological polar surface area (TPSA) is 95.6 Å². The molecule has 2 rings (SSSR count). The maximum absolute atomic E-state index is 12.5. The van der Waals surface area contributed by atoms with Crippen molar-refractivity contribution >= 4 is 21.8 Å². The number of piperazine rings is 1. The van der Waals surface area contributed by atoms with E-state index in [9.17, 15) is 18.0 Å². The van der Waals surface area contributed by atoms with Crippen LogP contribution in [0, 0.1) is 13.8 Å². The summed E-state index contributed by atoms with van der Waals surface area (Å²) in [6.45, 7) is 4.24. The van der Waals surface area contributed by atoms with Crippen molar-refractivity contribution in [2.45, 2.75) is 18.7 Å². The zero-order valence-corrected chi connectivity index (χ0v) is 13.6. The van der Waals surface area contributed by atoms with E-state index >= 15 is 0 Å². The minimum absolute atomic E-state index is 0.0140. The summed E-state index contributed by atoms with van der Waals surface area (Å²) in [6.07, 6.45) is 0. The molecule has 1 aromatic rings. The molecule has 0 radical (unpaired) electrons. The molecule has 0 saturated carbocycles. The molecule has 1 heterocycles. The molecular weight excluding hydrogens is 306 g/mol. The van der Waals surface area contributed by atoms with Crippen molar-refractivity contribution in [2.24, 2.45) is 0 Å². The Balaban J connectivity index is 2.44. The molecule has 1 saturated heterocycles. The molecule has 0 bridgehead atoms. The van der Waals surface area contributed by atoms with Gasteiger partial charge < -0.3 is 10.2 Å². The van der Waals surface area contributed by atoms with Crippen molar-refractivity contribution in [2.75, 3.05) is 26.7 Å². The zero-order valence-electron chi connectivity index (χ0n) is 12.8. The molecule has 0 atom stereocenters. The molecule has 7 nitrogen and oxygen atoms in total. The van der Waals surface area contributed by atoms with Gasteiger partial charge in [0.05, 0.1) is 11.4 Å². The monoisotopic (exact) mass is 325 g/mol. The van der Waals surface area contributed by atoms with Crippen molar-refractivity contribution in [3.05, 3.63) is 28.8 Å². The number of nitrogens with one attached hydrogen (secondary N) is 2. The van der Waals surface area contributed by atoms with Crippen molar-refractivity contribution in [1.82, 2.24) is 14.9 Å². The molecule has 2 N–H and O–H groups in total. The molecule has 0 aromatic heterocycles. The van der Waals surface area contributed by atoms with Crippen LogP contribution in [0.3, 0.4) is 0 Å². The predicted octanol–water partition coefficient (Wildman–Crippen LogP) is -0.216. The van der Waals surface area contributed by atoms with E-state index in [0.717, 1.165) is 0 Å². The number of benzene rings is 1. The lowest BCUT2D eigenvalue weighted by molar-refractivity contribution is -0.123. The molecule has 120 valence electrons. The Morgan fingerprint density at radius 1 is 1.32 bits per heavy atom. The number of amides is 2. The van der Waals surface area contributed by atoms with Gasteiger partial charge in [-0.15, -0.1) is 0 Å². The molecule has 1 fully saturated rings. The van der Waals surface area contributed by atoms with Crippen LogP contribution in [0.5, 0.6) is 0 Å². The second-order valence-electron chi connectivity index (χ2n) is 5.20. The fourth-order valence-electron chi connectivity index (χ4n) is 2.33. The van der Waals surface area contributed by atoms with Gasteiger partial charge >= 0.3 is 0 Å². The van der Waals surface area contributed by atoms with Crippen molar-refractivity contribution < 1.29 is 18.0 Å². The lowest BCUT2D eigenvalue weighted by atomic mass is 10.0. The Morgan fingerprint density at radius 3 is 2.59 bits per heavy atom. The second-order valence-corrected chi connectivity index (χ2v) is 7.06. The van der Waals surface area contributed by atoms with Crippen molar-refractivity contribution in [3.63, 3.8) is 0 Å². The van der Waals surface area contributed by atoms with Gasteiger partial charge in [0, 0.05) is 18.7 Å². The summed E-state index contributed by atoms with van der Waals surface area (Å²) >= 11 is 0. The second kappa shape index (κ2) is 6.05. The fourth-order valence-corrected chi connectivity index (χ4v) is 3.40. The first-order valence-corrected chi connectivity index (χ1v) is 8.35. The van der Waals surface area contributed by atoms with Crippen LogP contribution in [0.25, 0.3) is 0 Å². The largest absolute Gasteiger partial charge is 0.353 e. The quantitative estimate of drug-likeness (QED) is 0.803. The highest BCUT2D eigenvalue weighted by molar-refractivity contribution is 7.89. The lowest BCUT2D eigenvalue weighted by Gasteiger charge is -2.27. The third kappa shape index (κ3) is 3.12. The predicted molar refractivity (Wildman–Crippen MR) is 81.1 cm³/mol. The number of carbonyl (C=O) groups is 2. The molecule has 8 heteroatoms. The first-order chi connectivity index (χ1) is 10.3. The molecule has 1 aromatic carbocycles. The van der Waals surface area contributed by atoms with Crippen LogP contribution in [-0.2, 0) is 14.8 Å². The highest BCUT2D eigenvalue weighted by atomic mass is 32.2. The van der Waals surface area contributed by atoms with E-state index in [0.29, 0.717) is 24.2 Å². The van der Waals surface area contributed by atoms with Gasteiger partial charge in [-0.1, -0.05) is 0 Å². The number of carbonyl (C=O) groups excluding carboxylic acids is 2. The number of hydrogen-bond donors (Lipinski definition) is 2. The van der Waals surface area contributed by atoms with Gasteiger partial charge in [-0.3, -0.25) is 9.59 Å². The first-order valence-electron chi connectivity index (χ1n) is 6.87. The summed E-state index contributed by atoms with van der Waals surface area (Å²) in [7, 11) is -2.32. The normalized spacial score (nSPS) is 15.6. The molecule has 22 heavy (non-hydrogen) atoms. The zero-order chi connectivity index (χ0) is 16.5. The van der Waals surface area contributed by atoms with Crippen LogP contribution in [0.2, 0.25) is 0 Å². The van der Waals surface area contributed by atoms with E-state index in [2.05, 4.69) is 10.0 Å². The van der Waals surface area contributed by atoms with Crippen LogP contribution in [-0.4, -0.2) is 51.8 Å². The van der Waals surface area contributed by atoms with E-state index in [4.69, 9.17) is 0 Å². The van der Waals surface area contributed by atoms with E-state index in [1.165, 1.54) is 18.0 Å². The van der Waals surface area contributed by atoms with Crippen molar-refractivity contribution in [1.29, 1.82) is 0 Å². The summed E-state index contributed by atoms with van der Waals surface area (Å²) in [5.41, 5.74) is 1.58. The number of sulfonamides is 1. The number of aryl methyl sites for hydroxylation is 1. The van der Waals surface area contributed by atoms with Crippen LogP contribution in [0.15, 0.2) is 17.0 Å². The van der Waals surface area contributed by atoms with Crippen molar-refractivity contribution in [3.8, 4) is 0 Å². The Bertz CT molecular complexity index is 728. The first kappa shape index (κ1) is 16.4. The van der Waals surface area contributed by atoms with Gasteiger partial charge in [-0.05, 0) is 44.2 Å². The minimum Gasteiger partial charge on any atom is -0.353 e. The van der Waals surface area contributed by atoms with Gasteiger partial charge in [0.2, 0.25) is 15.9 Å². The molecule has 0 aliphatic carbocycles. The lowest BCUT2D eigenvalue weighted by Crippen LogP contribution is -2.50. The van der Waals surface area contributed by atoms with Crippen LogP contribution >= 0.6 is 0 Å². The Labute approximate surface area is 129 Å². The summed E-state index contributed by atoms with van der Waals surface area (Å²) in [5.74, 6) is -0.558. The average molecular weight is 325 g/mol. The van der Waals surface area contributed by atoms with Crippen LogP contribution in [0.4, 0.5) is 0 Å². The molecule has 1 aliphatic rings. The number of hydrogen-bond acceptors (Lipinski definition) is 4. The van der Waals surface area contributed by atoms with E-state index in [1.807, 2.05) is 0 Å². The summed E-state index contributed by atoms with van der Waals surface area (Å²) < 4.78 is 26.4. The molecular formula is C14H19N3O4S.